The Balaban J connectivity index is 2.90. The summed E-state index contributed by atoms with van der Waals surface area (Å²) in [6.45, 7) is -0.0954. The minimum absolute atomic E-state index is 0.0954. The van der Waals surface area contributed by atoms with Gasteiger partial charge in [0.2, 0.25) is 5.91 Å². The number of ether oxygens (including phenoxy) is 1. The fraction of sp³-hybridized carbons (Fsp3) is 0.500. The highest BCUT2D eigenvalue weighted by atomic mass is 32.1. The Kier molecular flexibility index (Phi) is 7.00. The third-order valence-electron chi connectivity index (χ3n) is 3.35. The molecule has 1 aromatic rings. The second-order valence-corrected chi connectivity index (χ2v) is 5.63. The molecule has 0 spiro atoms. The number of hydrogen-bond donors (Lipinski definition) is 2. The van der Waals surface area contributed by atoms with Crippen molar-refractivity contribution >= 4 is 29.2 Å². The molecule has 0 fully saturated rings. The third kappa shape index (κ3) is 4.81. The molecule has 1 unspecified atom stereocenters. The van der Waals surface area contributed by atoms with E-state index >= 15 is 0 Å². The van der Waals surface area contributed by atoms with Gasteiger partial charge in [-0.15, -0.1) is 0 Å². The van der Waals surface area contributed by atoms with Gasteiger partial charge in [-0.25, -0.2) is 4.79 Å². The zero-order valence-corrected chi connectivity index (χ0v) is 13.3. The standard InChI is InChI=1S/C14H20N2O5S/c1-16(13(19)10(7-15)6-12(17)18)11(14(20)21-2)5-9-3-4-22-8-9/h3-4,8,10-11H,5-7,15H2,1-2H3,(H,17,18)/t10-,11?/m1/s1. The number of hydrogen-bond acceptors (Lipinski definition) is 6. The summed E-state index contributed by atoms with van der Waals surface area (Å²) in [4.78, 5) is 36.4. The first-order valence-electron chi connectivity index (χ1n) is 6.68. The molecule has 0 radical (unpaired) electrons. The van der Waals surface area contributed by atoms with Crippen molar-refractivity contribution in [3.63, 3.8) is 0 Å². The zero-order valence-electron chi connectivity index (χ0n) is 12.5. The number of likely N-dealkylation sites (N-methyl/N-ethyl adjacent to an activating group) is 1. The van der Waals surface area contributed by atoms with Gasteiger partial charge in [-0.3, -0.25) is 9.59 Å². The van der Waals surface area contributed by atoms with Crippen LogP contribution < -0.4 is 5.73 Å². The number of carbonyl (C=O) groups excluding carboxylic acids is 2. The molecule has 122 valence electrons. The normalized spacial score (nSPS) is 13.2. The quantitative estimate of drug-likeness (QED) is 0.666. The number of carboxylic acids is 1. The Labute approximate surface area is 132 Å². The predicted molar refractivity (Wildman–Crippen MR) is 81.4 cm³/mol. The highest BCUT2D eigenvalue weighted by Crippen LogP contribution is 2.16. The summed E-state index contributed by atoms with van der Waals surface area (Å²) in [6.07, 6.45) is -0.0607. The molecule has 0 aliphatic heterocycles. The van der Waals surface area contributed by atoms with Crippen molar-refractivity contribution < 1.29 is 24.2 Å². The molecule has 0 aliphatic carbocycles. The lowest BCUT2D eigenvalue weighted by Crippen LogP contribution is -2.48. The van der Waals surface area contributed by atoms with Crippen molar-refractivity contribution in [2.24, 2.45) is 11.7 Å². The first-order valence-corrected chi connectivity index (χ1v) is 7.62. The molecule has 22 heavy (non-hydrogen) atoms. The molecule has 0 aliphatic rings. The van der Waals surface area contributed by atoms with E-state index in [1.54, 1.807) is 0 Å². The van der Waals surface area contributed by atoms with E-state index in [9.17, 15) is 14.4 Å². The number of amides is 1. The molecule has 1 amide bonds. The van der Waals surface area contributed by atoms with E-state index in [2.05, 4.69) is 0 Å². The van der Waals surface area contributed by atoms with Crippen LogP contribution in [0.1, 0.15) is 12.0 Å². The van der Waals surface area contributed by atoms with Gasteiger partial charge < -0.3 is 20.5 Å². The second-order valence-electron chi connectivity index (χ2n) is 4.85. The van der Waals surface area contributed by atoms with E-state index in [0.29, 0.717) is 6.42 Å². The second kappa shape index (κ2) is 8.50. The molecule has 1 heterocycles. The van der Waals surface area contributed by atoms with Crippen LogP contribution in [0.4, 0.5) is 0 Å². The van der Waals surface area contributed by atoms with Gasteiger partial charge in [-0.1, -0.05) is 0 Å². The minimum atomic E-state index is -1.11. The molecule has 0 saturated carbocycles. The first kappa shape index (κ1) is 18.1. The van der Waals surface area contributed by atoms with Crippen molar-refractivity contribution in [1.82, 2.24) is 4.90 Å². The van der Waals surface area contributed by atoms with Gasteiger partial charge in [0.05, 0.1) is 19.4 Å². The topological polar surface area (TPSA) is 110 Å². The predicted octanol–water partition coefficient (Wildman–Crippen LogP) is 0.340. The van der Waals surface area contributed by atoms with Gasteiger partial charge in [0.1, 0.15) is 6.04 Å². The van der Waals surface area contributed by atoms with E-state index in [-0.39, 0.29) is 13.0 Å². The van der Waals surface area contributed by atoms with Crippen molar-refractivity contribution in [2.75, 3.05) is 20.7 Å². The zero-order chi connectivity index (χ0) is 16.7. The highest BCUT2D eigenvalue weighted by Gasteiger charge is 2.32. The van der Waals surface area contributed by atoms with Gasteiger partial charge in [0.25, 0.3) is 0 Å². The first-order chi connectivity index (χ1) is 10.4. The van der Waals surface area contributed by atoms with Crippen LogP contribution in [0.15, 0.2) is 16.8 Å². The lowest BCUT2D eigenvalue weighted by molar-refractivity contribution is -0.154. The number of nitrogens with two attached hydrogens (primary N) is 1. The summed E-state index contributed by atoms with van der Waals surface area (Å²) in [5.74, 6) is -2.99. The fourth-order valence-electron chi connectivity index (χ4n) is 2.07. The summed E-state index contributed by atoms with van der Waals surface area (Å²) in [7, 11) is 2.71. The smallest absolute Gasteiger partial charge is 0.328 e. The van der Waals surface area contributed by atoms with Gasteiger partial charge in [0, 0.05) is 20.0 Å². The van der Waals surface area contributed by atoms with Crippen LogP contribution in [-0.4, -0.2) is 54.6 Å². The van der Waals surface area contributed by atoms with Crippen molar-refractivity contribution in [2.45, 2.75) is 18.9 Å². The van der Waals surface area contributed by atoms with Gasteiger partial charge in [-0.05, 0) is 22.4 Å². The fourth-order valence-corrected chi connectivity index (χ4v) is 2.75. The van der Waals surface area contributed by atoms with Crippen LogP contribution in [0.25, 0.3) is 0 Å². The number of esters is 1. The number of thiophene rings is 1. The summed E-state index contributed by atoms with van der Waals surface area (Å²) in [6, 6.07) is 1.05. The maximum atomic E-state index is 12.4. The number of carbonyl (C=O) groups is 3. The summed E-state index contributed by atoms with van der Waals surface area (Å²) >= 11 is 1.49. The lowest BCUT2D eigenvalue weighted by atomic mass is 10.0. The highest BCUT2D eigenvalue weighted by molar-refractivity contribution is 7.07. The Bertz CT molecular complexity index is 517. The largest absolute Gasteiger partial charge is 0.481 e. The molecule has 7 nitrogen and oxygen atoms in total. The summed E-state index contributed by atoms with van der Waals surface area (Å²) < 4.78 is 4.75. The molecule has 8 heteroatoms. The minimum Gasteiger partial charge on any atom is -0.481 e. The molecule has 0 aromatic carbocycles. The van der Waals surface area contributed by atoms with Gasteiger partial charge in [0.15, 0.2) is 0 Å². The van der Waals surface area contributed by atoms with Crippen LogP contribution in [0.5, 0.6) is 0 Å². The molecule has 1 rings (SSSR count). The van der Waals surface area contributed by atoms with E-state index < -0.39 is 29.8 Å². The lowest BCUT2D eigenvalue weighted by Gasteiger charge is -2.28. The molecule has 3 N–H and O–H groups in total. The summed E-state index contributed by atoms with van der Waals surface area (Å²) in [5.41, 5.74) is 6.38. The summed E-state index contributed by atoms with van der Waals surface area (Å²) in [5, 5.41) is 12.6. The molecule has 0 bridgehead atoms. The van der Waals surface area contributed by atoms with E-state index in [0.717, 1.165) is 5.56 Å². The molecular formula is C14H20N2O5S. The van der Waals surface area contributed by atoms with Crippen molar-refractivity contribution in [3.05, 3.63) is 22.4 Å². The Morgan fingerprint density at radius 2 is 2.14 bits per heavy atom. The Hall–Kier alpha value is -1.93. The van der Waals surface area contributed by atoms with E-state index in [1.165, 1.54) is 30.4 Å². The average molecular weight is 328 g/mol. The maximum absolute atomic E-state index is 12.4. The molecular weight excluding hydrogens is 308 g/mol. The van der Waals surface area contributed by atoms with Gasteiger partial charge >= 0.3 is 11.9 Å². The third-order valence-corrected chi connectivity index (χ3v) is 4.08. The number of rotatable bonds is 8. The van der Waals surface area contributed by atoms with Crippen LogP contribution in [0.2, 0.25) is 0 Å². The molecule has 1 aromatic heterocycles. The van der Waals surface area contributed by atoms with Crippen LogP contribution in [0.3, 0.4) is 0 Å². The van der Waals surface area contributed by atoms with E-state index in [4.69, 9.17) is 15.6 Å². The number of nitrogens with zero attached hydrogens (tertiary/aromatic N) is 1. The van der Waals surface area contributed by atoms with E-state index in [1.807, 2.05) is 16.8 Å². The number of carboxylic acid groups (broad SMARTS) is 1. The van der Waals surface area contributed by atoms with Crippen LogP contribution in [-0.2, 0) is 25.5 Å². The number of methoxy groups -OCH3 is 1. The molecule has 2 atom stereocenters. The van der Waals surface area contributed by atoms with Gasteiger partial charge in [-0.2, -0.15) is 11.3 Å². The molecule has 0 saturated heterocycles. The maximum Gasteiger partial charge on any atom is 0.328 e. The van der Waals surface area contributed by atoms with Crippen molar-refractivity contribution in [1.29, 1.82) is 0 Å². The SMILES string of the molecule is COC(=O)C(Cc1ccsc1)N(C)C(=O)[C@@H](CN)CC(=O)O. The monoisotopic (exact) mass is 328 g/mol. The number of aliphatic carboxylic acids is 1. The van der Waals surface area contributed by atoms with Crippen molar-refractivity contribution in [3.8, 4) is 0 Å². The average Bonchev–Trinajstić information content (AvgIpc) is 3.01. The van der Waals surface area contributed by atoms with Crippen LogP contribution in [0, 0.1) is 5.92 Å². The Morgan fingerprint density at radius 3 is 2.59 bits per heavy atom. The van der Waals surface area contributed by atoms with Crippen LogP contribution >= 0.6 is 11.3 Å². The Morgan fingerprint density at radius 1 is 1.45 bits per heavy atom.